The van der Waals surface area contributed by atoms with Crippen molar-refractivity contribution in [2.45, 2.75) is 40.2 Å². The molecule has 0 saturated carbocycles. The third kappa shape index (κ3) is 4.10. The first-order valence-corrected chi connectivity index (χ1v) is 9.65. The normalized spacial score (nSPS) is 18.2. The first kappa shape index (κ1) is 18.1. The van der Waals surface area contributed by atoms with Crippen LogP contribution in [0.25, 0.3) is 10.8 Å². The zero-order chi connectivity index (χ0) is 18.0. The molecule has 6 nitrogen and oxygen atoms in total. The van der Waals surface area contributed by atoms with Crippen LogP contribution in [0.5, 0.6) is 0 Å². The molecule has 1 fully saturated rings. The summed E-state index contributed by atoms with van der Waals surface area (Å²) in [7, 11) is 0. The van der Waals surface area contributed by atoms with Crippen molar-refractivity contribution >= 4 is 17.2 Å². The summed E-state index contributed by atoms with van der Waals surface area (Å²) in [6.07, 6.45) is 0.956. The summed E-state index contributed by atoms with van der Waals surface area (Å²) in [5, 5.41) is 10.4. The Bertz CT molecular complexity index is 705. The molecule has 1 atom stereocenters. The third-order valence-electron chi connectivity index (χ3n) is 4.54. The van der Waals surface area contributed by atoms with Gasteiger partial charge in [-0.1, -0.05) is 26.8 Å². The first-order valence-electron chi connectivity index (χ1n) is 8.77. The lowest BCUT2D eigenvalue weighted by molar-refractivity contribution is -0.139. The molecule has 136 valence electrons. The van der Waals surface area contributed by atoms with E-state index in [9.17, 15) is 4.79 Å². The molecule has 1 aliphatic heterocycles. The number of hydrogen-bond acceptors (Lipinski definition) is 6. The number of nitrogens with zero attached hydrogens (tertiary/aromatic N) is 4. The predicted molar refractivity (Wildman–Crippen MR) is 98.3 cm³/mol. The Labute approximate surface area is 152 Å². The van der Waals surface area contributed by atoms with E-state index in [1.54, 1.807) is 11.3 Å². The van der Waals surface area contributed by atoms with Crippen LogP contribution in [0.3, 0.4) is 0 Å². The molecule has 2 aromatic rings. The van der Waals surface area contributed by atoms with Gasteiger partial charge in [-0.25, -0.2) is 0 Å². The maximum atomic E-state index is 12.5. The van der Waals surface area contributed by atoms with E-state index in [2.05, 4.69) is 22.0 Å². The molecule has 25 heavy (non-hydrogen) atoms. The fourth-order valence-electron chi connectivity index (χ4n) is 3.06. The number of carbonyl (C=O) groups excluding carboxylic acids is 1. The van der Waals surface area contributed by atoms with Crippen molar-refractivity contribution < 1.29 is 9.21 Å². The topological polar surface area (TPSA) is 62.5 Å². The molecule has 0 radical (unpaired) electrons. The lowest BCUT2D eigenvalue weighted by Gasteiger charge is -2.29. The lowest BCUT2D eigenvalue weighted by Crippen LogP contribution is -2.41. The van der Waals surface area contributed by atoms with Crippen LogP contribution < -0.4 is 0 Å². The van der Waals surface area contributed by atoms with Gasteiger partial charge in [-0.3, -0.25) is 9.69 Å². The van der Waals surface area contributed by atoms with Gasteiger partial charge in [0.25, 0.3) is 5.89 Å². The Morgan fingerprint density at radius 1 is 1.24 bits per heavy atom. The molecule has 1 amide bonds. The minimum absolute atomic E-state index is 0.0471. The van der Waals surface area contributed by atoms with E-state index in [-0.39, 0.29) is 17.4 Å². The zero-order valence-electron chi connectivity index (χ0n) is 15.4. The van der Waals surface area contributed by atoms with Crippen LogP contribution in [-0.2, 0) is 4.79 Å². The molecule has 2 aromatic heterocycles. The van der Waals surface area contributed by atoms with Gasteiger partial charge < -0.3 is 9.32 Å². The third-order valence-corrected chi connectivity index (χ3v) is 5.39. The summed E-state index contributed by atoms with van der Waals surface area (Å²) >= 11 is 1.59. The fraction of sp³-hybridized carbons (Fsp3) is 0.611. The Morgan fingerprint density at radius 3 is 2.72 bits per heavy atom. The van der Waals surface area contributed by atoms with Gasteiger partial charge in [0.05, 0.1) is 10.9 Å². The fourth-order valence-corrected chi connectivity index (χ4v) is 3.71. The SMILES string of the molecule is CC(c1nnc(-c2cccs2)o1)N1CCCN(C(=O)C(C)(C)C)CC1. The summed E-state index contributed by atoms with van der Waals surface area (Å²) in [5.41, 5.74) is -0.330. The molecule has 1 unspecified atom stereocenters. The van der Waals surface area contributed by atoms with Crippen molar-refractivity contribution in [3.8, 4) is 10.8 Å². The van der Waals surface area contributed by atoms with E-state index in [4.69, 9.17) is 4.42 Å². The van der Waals surface area contributed by atoms with Crippen molar-refractivity contribution in [1.82, 2.24) is 20.0 Å². The van der Waals surface area contributed by atoms with Crippen molar-refractivity contribution in [2.24, 2.45) is 5.41 Å². The predicted octanol–water partition coefficient (Wildman–Crippen LogP) is 3.44. The second-order valence-electron chi connectivity index (χ2n) is 7.53. The highest BCUT2D eigenvalue weighted by atomic mass is 32.1. The molecule has 1 aliphatic rings. The molecular formula is C18H26N4O2S. The Morgan fingerprint density at radius 2 is 2.04 bits per heavy atom. The largest absolute Gasteiger partial charge is 0.418 e. The molecular weight excluding hydrogens is 336 g/mol. The second-order valence-corrected chi connectivity index (χ2v) is 8.48. The van der Waals surface area contributed by atoms with Crippen molar-refractivity contribution in [3.05, 3.63) is 23.4 Å². The highest BCUT2D eigenvalue weighted by Crippen LogP contribution is 2.27. The standard InChI is InChI=1S/C18H26N4O2S/c1-13(15-19-20-16(24-15)14-7-5-12-25-14)21-8-6-9-22(11-10-21)17(23)18(2,3)4/h5,7,12-13H,6,8-11H2,1-4H3. The average molecular weight is 362 g/mol. The number of amides is 1. The van der Waals surface area contributed by atoms with Gasteiger partial charge in [0.2, 0.25) is 11.8 Å². The van der Waals surface area contributed by atoms with Crippen LogP contribution in [0, 0.1) is 5.41 Å². The van der Waals surface area contributed by atoms with Gasteiger partial charge in [-0.2, -0.15) is 0 Å². The minimum Gasteiger partial charge on any atom is -0.418 e. The number of carbonyl (C=O) groups is 1. The van der Waals surface area contributed by atoms with Crippen LogP contribution >= 0.6 is 11.3 Å². The highest BCUT2D eigenvalue weighted by Gasteiger charge is 2.30. The number of hydrogen-bond donors (Lipinski definition) is 0. The van der Waals surface area contributed by atoms with Gasteiger partial charge in [0.15, 0.2) is 0 Å². The smallest absolute Gasteiger partial charge is 0.257 e. The van der Waals surface area contributed by atoms with Crippen LogP contribution in [-0.4, -0.2) is 52.1 Å². The average Bonchev–Trinajstić information content (AvgIpc) is 3.19. The molecule has 0 aromatic carbocycles. The van der Waals surface area contributed by atoms with Crippen LogP contribution in [0.15, 0.2) is 21.9 Å². The molecule has 3 rings (SSSR count). The van der Waals surface area contributed by atoms with E-state index < -0.39 is 0 Å². The second kappa shape index (κ2) is 7.25. The number of aromatic nitrogens is 2. The molecule has 0 N–H and O–H groups in total. The van der Waals surface area contributed by atoms with E-state index >= 15 is 0 Å². The van der Waals surface area contributed by atoms with Crippen LogP contribution in [0.4, 0.5) is 0 Å². The van der Waals surface area contributed by atoms with Crippen LogP contribution in [0.2, 0.25) is 0 Å². The highest BCUT2D eigenvalue weighted by molar-refractivity contribution is 7.13. The summed E-state index contributed by atoms with van der Waals surface area (Å²) in [5.74, 6) is 1.44. The quantitative estimate of drug-likeness (QED) is 0.837. The Hall–Kier alpha value is -1.73. The van der Waals surface area contributed by atoms with Gasteiger partial charge >= 0.3 is 0 Å². The summed E-state index contributed by atoms with van der Waals surface area (Å²) < 4.78 is 5.88. The first-order chi connectivity index (χ1) is 11.9. The van der Waals surface area contributed by atoms with Crippen molar-refractivity contribution in [1.29, 1.82) is 0 Å². The number of thiophene rings is 1. The summed E-state index contributed by atoms with van der Waals surface area (Å²) in [6, 6.07) is 4.00. The van der Waals surface area contributed by atoms with Gasteiger partial charge in [0.1, 0.15) is 0 Å². The molecule has 0 aliphatic carbocycles. The molecule has 7 heteroatoms. The molecule has 3 heterocycles. The number of rotatable bonds is 3. The summed E-state index contributed by atoms with van der Waals surface area (Å²) in [4.78, 5) is 17.8. The molecule has 0 spiro atoms. The monoisotopic (exact) mass is 362 g/mol. The maximum Gasteiger partial charge on any atom is 0.257 e. The maximum absolute atomic E-state index is 12.5. The van der Waals surface area contributed by atoms with E-state index in [0.29, 0.717) is 11.8 Å². The van der Waals surface area contributed by atoms with Gasteiger partial charge in [0, 0.05) is 31.6 Å². The zero-order valence-corrected chi connectivity index (χ0v) is 16.2. The Kier molecular flexibility index (Phi) is 5.24. The minimum atomic E-state index is -0.330. The van der Waals surface area contributed by atoms with Crippen molar-refractivity contribution in [3.63, 3.8) is 0 Å². The van der Waals surface area contributed by atoms with E-state index in [1.807, 2.05) is 43.2 Å². The molecule has 1 saturated heterocycles. The summed E-state index contributed by atoms with van der Waals surface area (Å²) in [6.45, 7) is 11.3. The van der Waals surface area contributed by atoms with Gasteiger partial charge in [-0.15, -0.1) is 21.5 Å². The lowest BCUT2D eigenvalue weighted by atomic mass is 9.94. The van der Waals surface area contributed by atoms with E-state index in [1.165, 1.54) is 0 Å². The van der Waals surface area contributed by atoms with Crippen LogP contribution in [0.1, 0.15) is 46.0 Å². The van der Waals surface area contributed by atoms with Gasteiger partial charge in [-0.05, 0) is 24.8 Å². The molecule has 0 bridgehead atoms. The Balaban J connectivity index is 1.65. The van der Waals surface area contributed by atoms with E-state index in [0.717, 1.165) is 37.5 Å². The van der Waals surface area contributed by atoms with Crippen molar-refractivity contribution in [2.75, 3.05) is 26.2 Å².